The van der Waals surface area contributed by atoms with Crippen LogP contribution in [0.1, 0.15) is 28.8 Å². The van der Waals surface area contributed by atoms with Crippen molar-refractivity contribution in [2.24, 2.45) is 0 Å². The molecule has 1 aliphatic rings. The number of piperidine rings is 1. The monoisotopic (exact) mass is 345 g/mol. The van der Waals surface area contributed by atoms with E-state index in [4.69, 9.17) is 0 Å². The van der Waals surface area contributed by atoms with Crippen LogP contribution in [-0.4, -0.2) is 48.0 Å². The van der Waals surface area contributed by atoms with Crippen LogP contribution in [0.25, 0.3) is 11.3 Å². The summed E-state index contributed by atoms with van der Waals surface area (Å²) in [6, 6.07) is 7.02. The molecule has 1 aromatic heterocycles. The number of benzene rings is 1. The highest BCUT2D eigenvalue weighted by molar-refractivity contribution is 7.09. The first-order valence-corrected chi connectivity index (χ1v) is 9.44. The topological polar surface area (TPSA) is 39.3 Å². The lowest BCUT2D eigenvalue weighted by atomic mass is 10.0. The van der Waals surface area contributed by atoms with Crippen LogP contribution >= 0.6 is 11.3 Å². The lowest BCUT2D eigenvalue weighted by Crippen LogP contribution is -2.41. The predicted octanol–water partition coefficient (Wildman–Crippen LogP) is 3.25. The molecule has 0 unspecified atom stereocenters. The number of nitrogens with zero attached hydrogens (tertiary/aromatic N) is 2. The zero-order valence-electron chi connectivity index (χ0n) is 15.1. The van der Waals surface area contributed by atoms with Crippen molar-refractivity contribution in [3.05, 3.63) is 43.9 Å². The molecule has 2 heterocycles. The van der Waals surface area contributed by atoms with E-state index in [2.05, 4.69) is 60.9 Å². The van der Waals surface area contributed by atoms with Gasteiger partial charge in [-0.3, -0.25) is 9.69 Å². The molecular formula is C19H27N3OS. The van der Waals surface area contributed by atoms with Gasteiger partial charge in [0.2, 0.25) is 0 Å². The fraction of sp³-hybridized carbons (Fsp3) is 0.526. The van der Waals surface area contributed by atoms with E-state index in [9.17, 15) is 4.79 Å². The standard InChI is InChI=1S/C19H27N3OS/c1-13-5-6-16(14(2)11-13)18-17(24-19(23)20-18)12-22(4)15-7-9-21(3)10-8-15/h5-6,11,15H,7-10,12H2,1-4H3,(H,20,23). The molecule has 0 radical (unpaired) electrons. The van der Waals surface area contributed by atoms with Gasteiger partial charge >= 0.3 is 4.87 Å². The van der Waals surface area contributed by atoms with Crippen LogP contribution in [0.5, 0.6) is 0 Å². The molecule has 1 aromatic carbocycles. The molecule has 0 aliphatic carbocycles. The molecule has 1 fully saturated rings. The molecule has 1 aliphatic heterocycles. The molecule has 130 valence electrons. The van der Waals surface area contributed by atoms with Gasteiger partial charge in [-0.2, -0.15) is 0 Å². The summed E-state index contributed by atoms with van der Waals surface area (Å²) in [4.78, 5) is 21.1. The first-order chi connectivity index (χ1) is 11.4. The van der Waals surface area contributed by atoms with Crippen molar-refractivity contribution in [3.8, 4) is 11.3 Å². The Labute approximate surface area is 148 Å². The zero-order valence-corrected chi connectivity index (χ0v) is 15.9. The highest BCUT2D eigenvalue weighted by Gasteiger charge is 2.22. The molecule has 5 heteroatoms. The molecule has 3 rings (SSSR count). The Morgan fingerprint density at radius 3 is 2.67 bits per heavy atom. The van der Waals surface area contributed by atoms with Gasteiger partial charge in [0.15, 0.2) is 0 Å². The maximum Gasteiger partial charge on any atom is 0.305 e. The third-order valence-corrected chi connectivity index (χ3v) is 5.94. The van der Waals surface area contributed by atoms with Crippen molar-refractivity contribution in [3.63, 3.8) is 0 Å². The Hall–Kier alpha value is -1.43. The second kappa shape index (κ2) is 7.21. The van der Waals surface area contributed by atoms with E-state index in [-0.39, 0.29) is 4.87 Å². The van der Waals surface area contributed by atoms with E-state index in [1.807, 2.05) is 0 Å². The van der Waals surface area contributed by atoms with Gasteiger partial charge in [0, 0.05) is 23.0 Å². The summed E-state index contributed by atoms with van der Waals surface area (Å²) in [6.07, 6.45) is 2.40. The third kappa shape index (κ3) is 3.79. The van der Waals surface area contributed by atoms with Crippen molar-refractivity contribution in [2.75, 3.05) is 27.2 Å². The molecule has 1 saturated heterocycles. The molecule has 24 heavy (non-hydrogen) atoms. The maximum absolute atomic E-state index is 12.0. The van der Waals surface area contributed by atoms with Crippen molar-refractivity contribution in [1.82, 2.24) is 14.8 Å². The molecule has 0 spiro atoms. The maximum atomic E-state index is 12.0. The van der Waals surface area contributed by atoms with E-state index in [0.717, 1.165) is 35.8 Å². The van der Waals surface area contributed by atoms with Crippen LogP contribution in [0, 0.1) is 13.8 Å². The third-order valence-electron chi connectivity index (χ3n) is 5.08. The number of aromatic amines is 1. The van der Waals surface area contributed by atoms with Crippen LogP contribution in [0.4, 0.5) is 0 Å². The summed E-state index contributed by atoms with van der Waals surface area (Å²) in [5, 5.41) is 0. The summed E-state index contributed by atoms with van der Waals surface area (Å²) >= 11 is 1.35. The van der Waals surface area contributed by atoms with Gasteiger partial charge in [-0.1, -0.05) is 35.1 Å². The molecular weight excluding hydrogens is 318 g/mol. The van der Waals surface area contributed by atoms with Gasteiger partial charge in [-0.05, 0) is 59.4 Å². The fourth-order valence-electron chi connectivity index (χ4n) is 3.57. The Kier molecular flexibility index (Phi) is 5.23. The minimum Gasteiger partial charge on any atom is -0.312 e. The quantitative estimate of drug-likeness (QED) is 0.925. The summed E-state index contributed by atoms with van der Waals surface area (Å²) in [7, 11) is 4.37. The van der Waals surface area contributed by atoms with Crippen molar-refractivity contribution < 1.29 is 0 Å². The smallest absolute Gasteiger partial charge is 0.305 e. The normalized spacial score (nSPS) is 16.9. The number of nitrogens with one attached hydrogen (secondary N) is 1. The lowest BCUT2D eigenvalue weighted by Gasteiger charge is -2.35. The van der Waals surface area contributed by atoms with Gasteiger partial charge in [-0.15, -0.1) is 0 Å². The average Bonchev–Trinajstić information content (AvgIpc) is 2.88. The number of aryl methyl sites for hydroxylation is 2. The van der Waals surface area contributed by atoms with Gasteiger partial charge in [0.1, 0.15) is 0 Å². The summed E-state index contributed by atoms with van der Waals surface area (Å²) in [5.74, 6) is 0. The van der Waals surface area contributed by atoms with Gasteiger partial charge in [-0.25, -0.2) is 0 Å². The van der Waals surface area contributed by atoms with Crippen LogP contribution in [0.2, 0.25) is 0 Å². The Morgan fingerprint density at radius 2 is 2.00 bits per heavy atom. The molecule has 0 bridgehead atoms. The Bertz CT molecular complexity index is 756. The van der Waals surface area contributed by atoms with E-state index in [0.29, 0.717) is 6.04 Å². The van der Waals surface area contributed by atoms with Crippen LogP contribution < -0.4 is 4.87 Å². The average molecular weight is 346 g/mol. The Morgan fingerprint density at radius 1 is 1.29 bits per heavy atom. The predicted molar refractivity (Wildman–Crippen MR) is 102 cm³/mol. The summed E-state index contributed by atoms with van der Waals surface area (Å²) in [5.41, 5.74) is 4.61. The Balaban J connectivity index is 1.83. The van der Waals surface area contributed by atoms with Crippen molar-refractivity contribution in [2.45, 2.75) is 39.3 Å². The molecule has 0 saturated carbocycles. The zero-order chi connectivity index (χ0) is 17.3. The first kappa shape index (κ1) is 17.4. The highest BCUT2D eigenvalue weighted by Crippen LogP contribution is 2.29. The number of thiazole rings is 1. The number of rotatable bonds is 4. The number of aromatic nitrogens is 1. The summed E-state index contributed by atoms with van der Waals surface area (Å²) in [6.45, 7) is 7.36. The number of H-pyrrole nitrogens is 1. The number of hydrogen-bond acceptors (Lipinski definition) is 4. The van der Waals surface area contributed by atoms with Gasteiger partial charge in [0.05, 0.1) is 5.69 Å². The summed E-state index contributed by atoms with van der Waals surface area (Å²) < 4.78 is 0. The molecule has 2 aromatic rings. The number of hydrogen-bond donors (Lipinski definition) is 1. The van der Waals surface area contributed by atoms with E-state index in [1.54, 1.807) is 0 Å². The van der Waals surface area contributed by atoms with Crippen LogP contribution in [0.15, 0.2) is 23.0 Å². The largest absolute Gasteiger partial charge is 0.312 e. The fourth-order valence-corrected chi connectivity index (χ4v) is 4.48. The van der Waals surface area contributed by atoms with Crippen LogP contribution in [-0.2, 0) is 6.54 Å². The lowest BCUT2D eigenvalue weighted by molar-refractivity contribution is 0.140. The van der Waals surface area contributed by atoms with E-state index < -0.39 is 0 Å². The minimum absolute atomic E-state index is 0.0387. The van der Waals surface area contributed by atoms with Crippen LogP contribution in [0.3, 0.4) is 0 Å². The van der Waals surface area contributed by atoms with E-state index >= 15 is 0 Å². The minimum atomic E-state index is 0.0387. The second-order valence-electron chi connectivity index (χ2n) is 7.08. The molecule has 0 atom stereocenters. The molecule has 0 amide bonds. The highest BCUT2D eigenvalue weighted by atomic mass is 32.1. The van der Waals surface area contributed by atoms with Gasteiger partial charge < -0.3 is 9.88 Å². The van der Waals surface area contributed by atoms with Crippen molar-refractivity contribution >= 4 is 11.3 Å². The SMILES string of the molecule is Cc1ccc(-c2[nH]c(=O)sc2CN(C)C2CCN(C)CC2)c(C)c1. The van der Waals surface area contributed by atoms with Crippen molar-refractivity contribution in [1.29, 1.82) is 0 Å². The second-order valence-corrected chi connectivity index (χ2v) is 8.15. The van der Waals surface area contributed by atoms with Gasteiger partial charge in [0.25, 0.3) is 0 Å². The number of likely N-dealkylation sites (tertiary alicyclic amines) is 1. The first-order valence-electron chi connectivity index (χ1n) is 8.62. The molecule has 1 N–H and O–H groups in total. The van der Waals surface area contributed by atoms with E-state index in [1.165, 1.54) is 35.3 Å². The molecule has 4 nitrogen and oxygen atoms in total.